The predicted octanol–water partition coefficient (Wildman–Crippen LogP) is 4.60. The number of aliphatic imine (C=N–C) groups is 1. The summed E-state index contributed by atoms with van der Waals surface area (Å²) < 4.78 is 13.0. The van der Waals surface area contributed by atoms with Crippen molar-refractivity contribution in [1.29, 1.82) is 0 Å². The maximum absolute atomic E-state index is 14.1. The Morgan fingerprint density at radius 1 is 1.11 bits per heavy atom. The van der Waals surface area contributed by atoms with E-state index in [9.17, 15) is 9.59 Å². The molecule has 2 aliphatic heterocycles. The minimum absolute atomic E-state index is 0.0668. The first-order chi connectivity index (χ1) is 17.4. The average molecular weight is 549 g/mol. The number of fused-ring (bicyclic) bond motifs is 3. The molecule has 0 unspecified atom stereocenters. The highest BCUT2D eigenvalue weighted by molar-refractivity contribution is 9.10. The first kappa shape index (κ1) is 24.2. The quantitative estimate of drug-likeness (QED) is 0.436. The molecule has 2 heterocycles. The Labute approximate surface area is 217 Å². The van der Waals surface area contributed by atoms with E-state index in [1.807, 2.05) is 48.5 Å². The Bertz CT molecular complexity index is 1320. The van der Waals surface area contributed by atoms with Crippen molar-refractivity contribution >= 4 is 39.3 Å². The molecule has 0 aliphatic carbocycles. The van der Waals surface area contributed by atoms with E-state index in [4.69, 9.17) is 19.6 Å². The average Bonchev–Trinajstić information content (AvgIpc) is 3.27. The number of nitrogens with zero attached hydrogens (tertiary/aromatic N) is 2. The summed E-state index contributed by atoms with van der Waals surface area (Å²) in [5.41, 5.74) is 1.54. The van der Waals surface area contributed by atoms with Crippen LogP contribution in [0, 0.1) is 0 Å². The van der Waals surface area contributed by atoms with E-state index in [1.54, 1.807) is 24.3 Å². The third-order valence-electron chi connectivity index (χ3n) is 6.37. The number of halogens is 1. The number of benzene rings is 3. The lowest BCUT2D eigenvalue weighted by Crippen LogP contribution is -2.56. The van der Waals surface area contributed by atoms with Crippen LogP contribution in [0.3, 0.4) is 0 Å². The Morgan fingerprint density at radius 3 is 2.53 bits per heavy atom. The number of aliphatic hydroxyl groups is 1. The van der Waals surface area contributed by atoms with Crippen LogP contribution in [0.25, 0.3) is 0 Å². The van der Waals surface area contributed by atoms with Gasteiger partial charge in [0.25, 0.3) is 5.91 Å². The zero-order chi connectivity index (χ0) is 25.3. The van der Waals surface area contributed by atoms with Crippen LogP contribution < -0.4 is 9.64 Å². The fraction of sp³-hybridized carbons (Fsp3) is 0.250. The number of aliphatic hydroxyl groups excluding tert-OH is 1. The molecule has 0 spiro atoms. The molecule has 0 bridgehead atoms. The number of para-hydroxylation sites is 1. The second-order valence-electron chi connectivity index (χ2n) is 8.81. The fourth-order valence-corrected chi connectivity index (χ4v) is 4.95. The Kier molecular flexibility index (Phi) is 6.64. The Balaban J connectivity index is 1.58. The largest absolute Gasteiger partial charge is 0.494 e. The molecule has 36 heavy (non-hydrogen) atoms. The first-order valence-corrected chi connectivity index (χ1v) is 12.5. The number of hydrogen-bond donors (Lipinski definition) is 1. The van der Waals surface area contributed by atoms with Gasteiger partial charge < -0.3 is 14.6 Å². The van der Waals surface area contributed by atoms with E-state index in [-0.39, 0.29) is 18.9 Å². The summed E-state index contributed by atoms with van der Waals surface area (Å²) in [6.07, 6.45) is 0.135. The number of rotatable bonds is 7. The molecule has 8 heteroatoms. The molecule has 5 rings (SSSR count). The molecule has 2 amide bonds. The van der Waals surface area contributed by atoms with Crippen LogP contribution in [0.2, 0.25) is 0 Å². The highest BCUT2D eigenvalue weighted by atomic mass is 79.9. The van der Waals surface area contributed by atoms with Crippen LogP contribution in [0.4, 0.5) is 5.69 Å². The number of amides is 2. The maximum atomic E-state index is 14.1. The van der Waals surface area contributed by atoms with Crippen molar-refractivity contribution < 1.29 is 24.2 Å². The number of ether oxygens (including phenoxy) is 2. The summed E-state index contributed by atoms with van der Waals surface area (Å²) in [5.74, 6) is 0.235. The normalized spacial score (nSPS) is 20.3. The van der Waals surface area contributed by atoms with Crippen LogP contribution in [-0.4, -0.2) is 41.6 Å². The summed E-state index contributed by atoms with van der Waals surface area (Å²) in [4.78, 5) is 32.9. The molecule has 1 N–H and O–H groups in total. The standard InChI is InChI=1S/C28H25BrN2O5/c1-18(33)31-24-6-3-2-5-23(24)25-28(27(31)34,17-19-7-11-21(29)12-8-19)30-26(36-25)20-9-13-22(14-10-20)35-16-4-15-32/h2-3,5-14,25,32H,4,15-17H2,1H3/t25-,28-/m1/s1. The van der Waals surface area contributed by atoms with Crippen molar-refractivity contribution in [2.75, 3.05) is 18.1 Å². The number of carbonyl (C=O) groups is 2. The van der Waals surface area contributed by atoms with Crippen molar-refractivity contribution in [3.8, 4) is 5.75 Å². The fourth-order valence-electron chi connectivity index (χ4n) is 4.69. The van der Waals surface area contributed by atoms with Crippen molar-refractivity contribution in [3.63, 3.8) is 0 Å². The van der Waals surface area contributed by atoms with Crippen molar-refractivity contribution in [3.05, 3.63) is 94.0 Å². The van der Waals surface area contributed by atoms with Gasteiger partial charge in [-0.1, -0.05) is 46.3 Å². The van der Waals surface area contributed by atoms with Crippen LogP contribution in [0.15, 0.2) is 82.3 Å². The van der Waals surface area contributed by atoms with E-state index in [0.717, 1.165) is 15.6 Å². The molecule has 7 nitrogen and oxygen atoms in total. The van der Waals surface area contributed by atoms with Crippen molar-refractivity contribution in [2.45, 2.75) is 31.4 Å². The molecule has 184 valence electrons. The smallest absolute Gasteiger partial charge is 0.266 e. The summed E-state index contributed by atoms with van der Waals surface area (Å²) in [5, 5.41) is 8.95. The highest BCUT2D eigenvalue weighted by Gasteiger charge is 2.59. The van der Waals surface area contributed by atoms with Gasteiger partial charge in [0.15, 0.2) is 11.6 Å². The summed E-state index contributed by atoms with van der Waals surface area (Å²) in [6.45, 7) is 1.87. The zero-order valence-corrected chi connectivity index (χ0v) is 21.3. The molecule has 0 aromatic heterocycles. The van der Waals surface area contributed by atoms with E-state index in [0.29, 0.717) is 35.9 Å². The molecule has 0 saturated carbocycles. The molecule has 2 aliphatic rings. The third kappa shape index (κ3) is 4.31. The van der Waals surface area contributed by atoms with Gasteiger partial charge in [0.2, 0.25) is 11.8 Å². The zero-order valence-electron chi connectivity index (χ0n) is 19.7. The molecular weight excluding hydrogens is 524 g/mol. The maximum Gasteiger partial charge on any atom is 0.266 e. The Hall–Kier alpha value is -3.49. The molecule has 0 fully saturated rings. The third-order valence-corrected chi connectivity index (χ3v) is 6.90. The van der Waals surface area contributed by atoms with Gasteiger partial charge in [0, 0.05) is 42.0 Å². The Morgan fingerprint density at radius 2 is 1.83 bits per heavy atom. The van der Waals surface area contributed by atoms with Crippen molar-refractivity contribution in [1.82, 2.24) is 0 Å². The van der Waals surface area contributed by atoms with Crippen LogP contribution in [0.1, 0.15) is 36.1 Å². The summed E-state index contributed by atoms with van der Waals surface area (Å²) >= 11 is 3.46. The van der Waals surface area contributed by atoms with Gasteiger partial charge in [-0.25, -0.2) is 9.89 Å². The lowest BCUT2D eigenvalue weighted by Gasteiger charge is -2.40. The van der Waals surface area contributed by atoms with Gasteiger partial charge in [0.05, 0.1) is 12.3 Å². The van der Waals surface area contributed by atoms with E-state index in [1.165, 1.54) is 11.8 Å². The van der Waals surface area contributed by atoms with E-state index >= 15 is 0 Å². The first-order valence-electron chi connectivity index (χ1n) is 11.7. The van der Waals surface area contributed by atoms with Crippen LogP contribution in [-0.2, 0) is 20.7 Å². The lowest BCUT2D eigenvalue weighted by atomic mass is 9.78. The summed E-state index contributed by atoms with van der Waals surface area (Å²) in [7, 11) is 0. The van der Waals surface area contributed by atoms with Gasteiger partial charge in [-0.2, -0.15) is 0 Å². The summed E-state index contributed by atoms with van der Waals surface area (Å²) in [6, 6.07) is 22.3. The van der Waals surface area contributed by atoms with E-state index in [2.05, 4.69) is 15.9 Å². The molecule has 3 aromatic rings. The molecule has 2 atom stereocenters. The minimum Gasteiger partial charge on any atom is -0.494 e. The molecule has 0 saturated heterocycles. The number of hydrogen-bond acceptors (Lipinski definition) is 6. The number of anilines is 1. The minimum atomic E-state index is -1.33. The van der Waals surface area contributed by atoms with Gasteiger partial charge in [-0.3, -0.25) is 9.59 Å². The van der Waals surface area contributed by atoms with Crippen LogP contribution in [0.5, 0.6) is 5.75 Å². The second-order valence-corrected chi connectivity index (χ2v) is 9.73. The molecular formula is C28H25BrN2O5. The monoisotopic (exact) mass is 548 g/mol. The lowest BCUT2D eigenvalue weighted by molar-refractivity contribution is -0.131. The van der Waals surface area contributed by atoms with Gasteiger partial charge in [0.1, 0.15) is 5.75 Å². The highest BCUT2D eigenvalue weighted by Crippen LogP contribution is 2.50. The molecule has 0 radical (unpaired) electrons. The van der Waals surface area contributed by atoms with Crippen LogP contribution >= 0.6 is 15.9 Å². The number of carbonyl (C=O) groups excluding carboxylic acids is 2. The van der Waals surface area contributed by atoms with Gasteiger partial charge >= 0.3 is 0 Å². The molecule has 3 aromatic carbocycles. The van der Waals surface area contributed by atoms with E-state index < -0.39 is 17.6 Å². The van der Waals surface area contributed by atoms with Gasteiger partial charge in [-0.05, 0) is 48.0 Å². The van der Waals surface area contributed by atoms with Gasteiger partial charge in [-0.15, -0.1) is 0 Å². The second kappa shape index (κ2) is 9.87. The topological polar surface area (TPSA) is 88.4 Å². The SMILES string of the molecule is CC(=O)N1C(=O)[C@]2(Cc3ccc(Br)cc3)N=C(c3ccc(OCCCO)cc3)O[C@@H]2c2ccccc21. The number of imide groups is 1. The predicted molar refractivity (Wildman–Crippen MR) is 139 cm³/mol. The van der Waals surface area contributed by atoms with Crippen molar-refractivity contribution in [2.24, 2.45) is 4.99 Å².